The average Bonchev–Trinajstić information content (AvgIpc) is 2.94. The van der Waals surface area contributed by atoms with E-state index in [9.17, 15) is 0 Å². The van der Waals surface area contributed by atoms with Gasteiger partial charge in [-0.25, -0.2) is 4.98 Å². The second-order valence-corrected chi connectivity index (χ2v) is 5.34. The fourth-order valence-electron chi connectivity index (χ4n) is 2.47. The predicted molar refractivity (Wildman–Crippen MR) is 87.3 cm³/mol. The van der Waals surface area contributed by atoms with Gasteiger partial charge in [0.1, 0.15) is 5.82 Å². The summed E-state index contributed by atoms with van der Waals surface area (Å²) >= 11 is 0. The number of benzene rings is 2. The van der Waals surface area contributed by atoms with Gasteiger partial charge in [0.25, 0.3) is 0 Å². The van der Waals surface area contributed by atoms with Gasteiger partial charge in [0, 0.05) is 11.3 Å². The lowest BCUT2D eigenvalue weighted by Gasteiger charge is -2.04. The smallest absolute Gasteiger partial charge is 0.125 e. The Morgan fingerprint density at radius 1 is 1.00 bits per heavy atom. The normalized spacial score (nSPS) is 10.6. The Bertz CT molecular complexity index is 709. The molecule has 0 fully saturated rings. The van der Waals surface area contributed by atoms with Gasteiger partial charge in [0.05, 0.1) is 18.4 Å². The molecule has 2 N–H and O–H groups in total. The molecule has 0 unspecified atom stereocenters. The summed E-state index contributed by atoms with van der Waals surface area (Å²) in [5.41, 5.74) is 5.88. The van der Waals surface area contributed by atoms with E-state index in [4.69, 9.17) is 0 Å². The molecule has 0 saturated carbocycles. The predicted octanol–water partition coefficient (Wildman–Crippen LogP) is 4.31. The molecular formula is C18H19N3. The minimum Gasteiger partial charge on any atom is -0.378 e. The number of rotatable bonds is 4. The van der Waals surface area contributed by atoms with Crippen LogP contribution in [0.15, 0.2) is 54.7 Å². The highest BCUT2D eigenvalue weighted by atomic mass is 15.0. The molecule has 3 heteroatoms. The quantitative estimate of drug-likeness (QED) is 0.746. The van der Waals surface area contributed by atoms with Gasteiger partial charge in [-0.05, 0) is 38.1 Å². The van der Waals surface area contributed by atoms with Crippen LogP contribution in [-0.4, -0.2) is 9.97 Å². The molecule has 2 aromatic carbocycles. The van der Waals surface area contributed by atoms with Gasteiger partial charge >= 0.3 is 0 Å². The van der Waals surface area contributed by atoms with E-state index in [1.807, 2.05) is 36.5 Å². The summed E-state index contributed by atoms with van der Waals surface area (Å²) in [7, 11) is 0. The van der Waals surface area contributed by atoms with Crippen molar-refractivity contribution in [3.8, 4) is 11.3 Å². The zero-order valence-electron chi connectivity index (χ0n) is 12.4. The Kier molecular flexibility index (Phi) is 3.73. The van der Waals surface area contributed by atoms with Gasteiger partial charge in [0.15, 0.2) is 0 Å². The number of H-pyrrole nitrogens is 1. The molecule has 0 amide bonds. The summed E-state index contributed by atoms with van der Waals surface area (Å²) in [5.74, 6) is 0.938. The maximum absolute atomic E-state index is 4.45. The van der Waals surface area contributed by atoms with Gasteiger partial charge < -0.3 is 10.3 Å². The molecule has 21 heavy (non-hydrogen) atoms. The second-order valence-electron chi connectivity index (χ2n) is 5.34. The topological polar surface area (TPSA) is 40.7 Å². The molecule has 0 atom stereocenters. The first-order valence-electron chi connectivity index (χ1n) is 7.12. The Morgan fingerprint density at radius 3 is 2.43 bits per heavy atom. The van der Waals surface area contributed by atoms with Crippen LogP contribution in [0.5, 0.6) is 0 Å². The number of imidazole rings is 1. The first-order valence-corrected chi connectivity index (χ1v) is 7.12. The maximum Gasteiger partial charge on any atom is 0.125 e. The van der Waals surface area contributed by atoms with Crippen LogP contribution >= 0.6 is 0 Å². The van der Waals surface area contributed by atoms with Crippen LogP contribution < -0.4 is 5.32 Å². The standard InChI is InChI=1S/C18H19N3/c1-13-8-14(2)10-15(9-13)17-11-20-18(21-17)12-19-16-6-4-3-5-7-16/h3-11,19H,12H2,1-2H3,(H,20,21). The fraction of sp³-hybridized carbons (Fsp3) is 0.167. The summed E-state index contributed by atoms with van der Waals surface area (Å²) in [4.78, 5) is 7.83. The van der Waals surface area contributed by atoms with E-state index in [2.05, 4.69) is 47.3 Å². The number of aryl methyl sites for hydroxylation is 2. The Hall–Kier alpha value is -2.55. The van der Waals surface area contributed by atoms with Crippen molar-refractivity contribution in [1.82, 2.24) is 9.97 Å². The molecule has 0 spiro atoms. The zero-order chi connectivity index (χ0) is 14.7. The highest BCUT2D eigenvalue weighted by Crippen LogP contribution is 2.20. The van der Waals surface area contributed by atoms with Crippen LogP contribution in [0.25, 0.3) is 11.3 Å². The van der Waals surface area contributed by atoms with Crippen molar-refractivity contribution >= 4 is 5.69 Å². The number of para-hydroxylation sites is 1. The van der Waals surface area contributed by atoms with E-state index in [0.29, 0.717) is 6.54 Å². The van der Waals surface area contributed by atoms with E-state index in [-0.39, 0.29) is 0 Å². The molecule has 106 valence electrons. The number of nitrogens with one attached hydrogen (secondary N) is 2. The van der Waals surface area contributed by atoms with Gasteiger partial charge in [-0.3, -0.25) is 0 Å². The highest BCUT2D eigenvalue weighted by molar-refractivity contribution is 5.60. The minimum absolute atomic E-state index is 0.689. The molecule has 0 bridgehead atoms. The van der Waals surface area contributed by atoms with Gasteiger partial charge in [-0.1, -0.05) is 35.4 Å². The Balaban J connectivity index is 1.74. The molecule has 0 aliphatic heterocycles. The lowest BCUT2D eigenvalue weighted by atomic mass is 10.1. The zero-order valence-corrected chi connectivity index (χ0v) is 12.4. The fourth-order valence-corrected chi connectivity index (χ4v) is 2.47. The molecule has 0 aliphatic carbocycles. The number of hydrogen-bond donors (Lipinski definition) is 2. The van der Waals surface area contributed by atoms with Crippen molar-refractivity contribution in [3.05, 3.63) is 71.7 Å². The van der Waals surface area contributed by atoms with Gasteiger partial charge in [-0.2, -0.15) is 0 Å². The van der Waals surface area contributed by atoms with Crippen molar-refractivity contribution in [3.63, 3.8) is 0 Å². The third-order valence-corrected chi connectivity index (χ3v) is 3.39. The molecule has 0 radical (unpaired) electrons. The van der Waals surface area contributed by atoms with E-state index in [0.717, 1.165) is 17.2 Å². The van der Waals surface area contributed by atoms with Crippen molar-refractivity contribution in [2.24, 2.45) is 0 Å². The van der Waals surface area contributed by atoms with E-state index in [1.54, 1.807) is 0 Å². The third kappa shape index (κ3) is 3.31. The summed E-state index contributed by atoms with van der Waals surface area (Å²) < 4.78 is 0. The summed E-state index contributed by atoms with van der Waals surface area (Å²) in [6.45, 7) is 4.92. The number of anilines is 1. The van der Waals surface area contributed by atoms with Crippen LogP contribution in [0, 0.1) is 13.8 Å². The summed E-state index contributed by atoms with van der Waals surface area (Å²) in [5, 5.41) is 3.35. The molecule has 1 aromatic heterocycles. The third-order valence-electron chi connectivity index (χ3n) is 3.39. The second kappa shape index (κ2) is 5.83. The highest BCUT2D eigenvalue weighted by Gasteiger charge is 2.04. The van der Waals surface area contributed by atoms with Crippen molar-refractivity contribution in [2.45, 2.75) is 20.4 Å². The molecule has 1 heterocycles. The first-order chi connectivity index (χ1) is 10.2. The number of aromatic nitrogens is 2. The summed E-state index contributed by atoms with van der Waals surface area (Å²) in [6.07, 6.45) is 1.90. The van der Waals surface area contributed by atoms with E-state index < -0.39 is 0 Å². The molecule has 0 saturated heterocycles. The lowest BCUT2D eigenvalue weighted by Crippen LogP contribution is -2.00. The van der Waals surface area contributed by atoms with Gasteiger partial charge in [0.2, 0.25) is 0 Å². The maximum atomic E-state index is 4.45. The van der Waals surface area contributed by atoms with E-state index in [1.165, 1.54) is 16.7 Å². The molecule has 3 nitrogen and oxygen atoms in total. The average molecular weight is 277 g/mol. The molecule has 3 aromatic rings. The minimum atomic E-state index is 0.689. The van der Waals surface area contributed by atoms with Crippen molar-refractivity contribution < 1.29 is 0 Å². The lowest BCUT2D eigenvalue weighted by molar-refractivity contribution is 1.00. The number of aromatic amines is 1. The Morgan fingerprint density at radius 2 is 1.71 bits per heavy atom. The van der Waals surface area contributed by atoms with Crippen LogP contribution in [0.3, 0.4) is 0 Å². The number of nitrogens with zero attached hydrogens (tertiary/aromatic N) is 1. The van der Waals surface area contributed by atoms with E-state index >= 15 is 0 Å². The SMILES string of the molecule is Cc1cc(C)cc(-c2cnc(CNc3ccccc3)[nH]2)c1. The van der Waals surface area contributed by atoms with Crippen LogP contribution in [-0.2, 0) is 6.54 Å². The monoisotopic (exact) mass is 277 g/mol. The van der Waals surface area contributed by atoms with Crippen molar-refractivity contribution in [2.75, 3.05) is 5.32 Å². The molecular weight excluding hydrogens is 258 g/mol. The largest absolute Gasteiger partial charge is 0.378 e. The van der Waals surface area contributed by atoms with Crippen LogP contribution in [0.1, 0.15) is 17.0 Å². The first kappa shape index (κ1) is 13.4. The van der Waals surface area contributed by atoms with Gasteiger partial charge in [-0.15, -0.1) is 0 Å². The summed E-state index contributed by atoms with van der Waals surface area (Å²) in [6, 6.07) is 16.7. The molecule has 0 aliphatic rings. The van der Waals surface area contributed by atoms with Crippen molar-refractivity contribution in [1.29, 1.82) is 0 Å². The van der Waals surface area contributed by atoms with Crippen LogP contribution in [0.2, 0.25) is 0 Å². The number of hydrogen-bond acceptors (Lipinski definition) is 2. The molecule has 3 rings (SSSR count). The Labute approximate surface area is 125 Å². The van der Waals surface area contributed by atoms with Crippen LogP contribution in [0.4, 0.5) is 5.69 Å².